The summed E-state index contributed by atoms with van der Waals surface area (Å²) in [7, 11) is 0. The summed E-state index contributed by atoms with van der Waals surface area (Å²) in [5, 5.41) is 3.00. The largest absolute Gasteiger partial charge is 0.333 e. The first-order valence-corrected chi connectivity index (χ1v) is 8.60. The maximum absolute atomic E-state index is 13.0. The van der Waals surface area contributed by atoms with E-state index in [9.17, 15) is 14.0 Å². The summed E-state index contributed by atoms with van der Waals surface area (Å²) < 4.78 is 13.0. The summed E-state index contributed by atoms with van der Waals surface area (Å²) in [6.45, 7) is 4.56. The van der Waals surface area contributed by atoms with Crippen LogP contribution < -0.4 is 10.2 Å². The van der Waals surface area contributed by atoms with Gasteiger partial charge < -0.3 is 15.1 Å². The Balaban J connectivity index is 1.63. The third kappa shape index (κ3) is 3.37. The molecule has 24 heavy (non-hydrogen) atoms. The molecule has 3 amide bonds. The Morgan fingerprint density at radius 3 is 2.42 bits per heavy atom. The predicted molar refractivity (Wildman–Crippen MR) is 90.3 cm³/mol. The molecule has 2 fully saturated rings. The molecule has 3 unspecified atom stereocenters. The maximum atomic E-state index is 13.0. The normalized spacial score (nSPS) is 27.5. The van der Waals surface area contributed by atoms with Crippen LogP contribution in [0.4, 0.5) is 14.9 Å². The summed E-state index contributed by atoms with van der Waals surface area (Å²) in [6, 6.07) is 6.00. The number of hydrogen-bond donors (Lipinski definition) is 1. The standard InChI is InChI=1S/C18H24FN3O2/c1-12-4-3-5-13(2)22(12)18(24)20-15-10-17(23)21(11-15)16-8-6-14(19)7-9-16/h6-9,12-13,15H,3-5,10-11H2,1-2H3,(H,20,24). The highest BCUT2D eigenvalue weighted by atomic mass is 19.1. The van der Waals surface area contributed by atoms with Crippen LogP contribution in [0.3, 0.4) is 0 Å². The third-order valence-electron chi connectivity index (χ3n) is 5.02. The van der Waals surface area contributed by atoms with Crippen molar-refractivity contribution in [1.82, 2.24) is 10.2 Å². The van der Waals surface area contributed by atoms with Crippen molar-refractivity contribution in [3.63, 3.8) is 0 Å². The van der Waals surface area contributed by atoms with E-state index >= 15 is 0 Å². The Hall–Kier alpha value is -2.11. The Bertz CT molecular complexity index is 609. The number of piperidine rings is 1. The first-order chi connectivity index (χ1) is 11.5. The summed E-state index contributed by atoms with van der Waals surface area (Å²) in [4.78, 5) is 28.3. The number of amides is 3. The third-order valence-corrected chi connectivity index (χ3v) is 5.02. The second kappa shape index (κ2) is 6.79. The highest BCUT2D eigenvalue weighted by molar-refractivity contribution is 5.96. The molecule has 1 aromatic rings. The fourth-order valence-corrected chi connectivity index (χ4v) is 3.75. The lowest BCUT2D eigenvalue weighted by Gasteiger charge is -2.39. The van der Waals surface area contributed by atoms with Crippen LogP contribution in [0, 0.1) is 5.82 Å². The Morgan fingerprint density at radius 1 is 1.17 bits per heavy atom. The second-order valence-electron chi connectivity index (χ2n) is 6.87. The van der Waals surface area contributed by atoms with Gasteiger partial charge in [0.15, 0.2) is 0 Å². The number of nitrogens with zero attached hydrogens (tertiary/aromatic N) is 2. The second-order valence-corrected chi connectivity index (χ2v) is 6.87. The number of urea groups is 1. The van der Waals surface area contributed by atoms with E-state index in [1.165, 1.54) is 12.1 Å². The van der Waals surface area contributed by atoms with Crippen LogP contribution in [-0.4, -0.2) is 41.5 Å². The van der Waals surface area contributed by atoms with Crippen molar-refractivity contribution in [1.29, 1.82) is 0 Å². The van der Waals surface area contributed by atoms with E-state index in [0.717, 1.165) is 19.3 Å². The topological polar surface area (TPSA) is 52.7 Å². The molecule has 2 saturated heterocycles. The Morgan fingerprint density at radius 2 is 1.79 bits per heavy atom. The molecule has 3 rings (SSSR count). The van der Waals surface area contributed by atoms with Gasteiger partial charge in [-0.3, -0.25) is 4.79 Å². The maximum Gasteiger partial charge on any atom is 0.318 e. The van der Waals surface area contributed by atoms with Crippen LogP contribution in [-0.2, 0) is 4.79 Å². The van der Waals surface area contributed by atoms with Gasteiger partial charge in [-0.05, 0) is 57.4 Å². The molecule has 0 aromatic heterocycles. The van der Waals surface area contributed by atoms with Gasteiger partial charge in [0, 0.05) is 30.7 Å². The fraction of sp³-hybridized carbons (Fsp3) is 0.556. The number of carbonyl (C=O) groups is 2. The van der Waals surface area contributed by atoms with Crippen LogP contribution in [0.1, 0.15) is 39.5 Å². The van der Waals surface area contributed by atoms with Gasteiger partial charge in [-0.2, -0.15) is 0 Å². The van der Waals surface area contributed by atoms with Gasteiger partial charge in [0.1, 0.15) is 5.82 Å². The van der Waals surface area contributed by atoms with Crippen LogP contribution in [0.15, 0.2) is 24.3 Å². The average molecular weight is 333 g/mol. The molecule has 2 aliphatic heterocycles. The van der Waals surface area contributed by atoms with Crippen molar-refractivity contribution in [3.05, 3.63) is 30.1 Å². The van der Waals surface area contributed by atoms with Crippen molar-refractivity contribution >= 4 is 17.6 Å². The molecule has 2 aliphatic rings. The Labute approximate surface area is 141 Å². The molecule has 1 N–H and O–H groups in total. The minimum atomic E-state index is -0.330. The Kier molecular flexibility index (Phi) is 4.73. The molecule has 130 valence electrons. The zero-order chi connectivity index (χ0) is 17.3. The van der Waals surface area contributed by atoms with Gasteiger partial charge in [0.25, 0.3) is 0 Å². The van der Waals surface area contributed by atoms with Crippen molar-refractivity contribution in [2.45, 2.75) is 57.7 Å². The molecular formula is C18H24FN3O2. The molecule has 6 heteroatoms. The number of likely N-dealkylation sites (tertiary alicyclic amines) is 1. The van der Waals surface area contributed by atoms with Gasteiger partial charge in [-0.15, -0.1) is 0 Å². The predicted octanol–water partition coefficient (Wildman–Crippen LogP) is 2.90. The van der Waals surface area contributed by atoms with E-state index in [2.05, 4.69) is 19.2 Å². The number of halogens is 1. The lowest BCUT2D eigenvalue weighted by Crippen LogP contribution is -2.54. The average Bonchev–Trinajstić information content (AvgIpc) is 2.88. The number of nitrogens with one attached hydrogen (secondary N) is 1. The highest BCUT2D eigenvalue weighted by Gasteiger charge is 2.35. The van der Waals surface area contributed by atoms with Crippen molar-refractivity contribution < 1.29 is 14.0 Å². The van der Waals surface area contributed by atoms with Gasteiger partial charge in [-0.1, -0.05) is 0 Å². The van der Waals surface area contributed by atoms with Crippen molar-refractivity contribution in [3.8, 4) is 0 Å². The van der Waals surface area contributed by atoms with E-state index in [-0.39, 0.29) is 42.3 Å². The quantitative estimate of drug-likeness (QED) is 0.905. The number of carbonyl (C=O) groups excluding carboxylic acids is 2. The number of benzene rings is 1. The van der Waals surface area contributed by atoms with Gasteiger partial charge >= 0.3 is 6.03 Å². The smallest absolute Gasteiger partial charge is 0.318 e. The lowest BCUT2D eigenvalue weighted by molar-refractivity contribution is -0.117. The minimum Gasteiger partial charge on any atom is -0.333 e. The minimum absolute atomic E-state index is 0.0494. The van der Waals surface area contributed by atoms with Crippen LogP contribution >= 0.6 is 0 Å². The number of rotatable bonds is 2. The van der Waals surface area contributed by atoms with E-state index in [1.807, 2.05) is 4.90 Å². The summed E-state index contributed by atoms with van der Waals surface area (Å²) in [6.07, 6.45) is 3.46. The molecule has 1 aromatic carbocycles. The molecular weight excluding hydrogens is 309 g/mol. The van der Waals surface area contributed by atoms with Crippen LogP contribution in [0.25, 0.3) is 0 Å². The van der Waals surface area contributed by atoms with Gasteiger partial charge in [0.05, 0.1) is 6.04 Å². The fourth-order valence-electron chi connectivity index (χ4n) is 3.75. The molecule has 0 bridgehead atoms. The van der Waals surface area contributed by atoms with Crippen LogP contribution in [0.5, 0.6) is 0 Å². The SMILES string of the molecule is CC1CCCC(C)N1C(=O)NC1CC(=O)N(c2ccc(F)cc2)C1. The zero-order valence-electron chi connectivity index (χ0n) is 14.2. The molecule has 0 aliphatic carbocycles. The summed E-state index contributed by atoms with van der Waals surface area (Å²) >= 11 is 0. The first kappa shape index (κ1) is 16.7. The molecule has 5 nitrogen and oxygen atoms in total. The lowest BCUT2D eigenvalue weighted by atomic mass is 9.98. The molecule has 0 spiro atoms. The van der Waals surface area contributed by atoms with Crippen LogP contribution in [0.2, 0.25) is 0 Å². The van der Waals surface area contributed by atoms with E-state index in [4.69, 9.17) is 0 Å². The molecule has 0 radical (unpaired) electrons. The van der Waals surface area contributed by atoms with Gasteiger partial charge in [-0.25, -0.2) is 9.18 Å². The summed E-state index contributed by atoms with van der Waals surface area (Å²) in [5.41, 5.74) is 0.665. The van der Waals surface area contributed by atoms with Gasteiger partial charge in [0.2, 0.25) is 5.91 Å². The van der Waals surface area contributed by atoms with E-state index in [1.54, 1.807) is 17.0 Å². The first-order valence-electron chi connectivity index (χ1n) is 8.60. The highest BCUT2D eigenvalue weighted by Crippen LogP contribution is 2.24. The molecule has 3 atom stereocenters. The monoisotopic (exact) mass is 333 g/mol. The zero-order valence-corrected chi connectivity index (χ0v) is 14.2. The molecule has 2 heterocycles. The van der Waals surface area contributed by atoms with E-state index in [0.29, 0.717) is 12.2 Å². The number of hydrogen-bond acceptors (Lipinski definition) is 2. The van der Waals surface area contributed by atoms with Crippen molar-refractivity contribution in [2.24, 2.45) is 0 Å². The summed E-state index contributed by atoms with van der Waals surface area (Å²) in [5.74, 6) is -0.380. The van der Waals surface area contributed by atoms with E-state index < -0.39 is 0 Å². The number of anilines is 1. The molecule has 0 saturated carbocycles. The van der Waals surface area contributed by atoms with Crippen molar-refractivity contribution in [2.75, 3.05) is 11.4 Å².